The van der Waals surface area contributed by atoms with E-state index in [-0.39, 0.29) is 5.82 Å². The van der Waals surface area contributed by atoms with Crippen LogP contribution in [0.3, 0.4) is 0 Å². The summed E-state index contributed by atoms with van der Waals surface area (Å²) >= 11 is 1.72. The Kier molecular flexibility index (Phi) is 3.69. The number of hydrogen-bond donors (Lipinski definition) is 1. The summed E-state index contributed by atoms with van der Waals surface area (Å²) in [6, 6.07) is 12.5. The third kappa shape index (κ3) is 3.01. The van der Waals surface area contributed by atoms with Crippen molar-refractivity contribution in [1.29, 1.82) is 0 Å². The van der Waals surface area contributed by atoms with Crippen molar-refractivity contribution in [2.45, 2.75) is 17.6 Å². The monoisotopic (exact) mass is 247 g/mol. The van der Waals surface area contributed by atoms with Gasteiger partial charge < -0.3 is 5.73 Å². The molecule has 0 saturated heterocycles. The van der Waals surface area contributed by atoms with E-state index in [1.165, 1.54) is 17.0 Å². The highest BCUT2D eigenvalue weighted by atomic mass is 32.2. The zero-order valence-corrected chi connectivity index (χ0v) is 10.4. The Morgan fingerprint density at radius 1 is 1.12 bits per heavy atom. The van der Waals surface area contributed by atoms with Gasteiger partial charge in [-0.3, -0.25) is 0 Å². The van der Waals surface area contributed by atoms with Crippen LogP contribution in [0.4, 0.5) is 10.1 Å². The summed E-state index contributed by atoms with van der Waals surface area (Å²) in [6.07, 6.45) is 0. The topological polar surface area (TPSA) is 26.0 Å². The predicted molar refractivity (Wildman–Crippen MR) is 71.6 cm³/mol. The number of halogens is 1. The van der Waals surface area contributed by atoms with E-state index >= 15 is 0 Å². The van der Waals surface area contributed by atoms with Crippen LogP contribution in [-0.4, -0.2) is 0 Å². The van der Waals surface area contributed by atoms with E-state index in [4.69, 9.17) is 5.73 Å². The molecule has 0 bridgehead atoms. The lowest BCUT2D eigenvalue weighted by molar-refractivity contribution is 0.627. The summed E-state index contributed by atoms with van der Waals surface area (Å²) in [5.41, 5.74) is 8.88. The molecule has 0 aliphatic rings. The van der Waals surface area contributed by atoms with E-state index in [2.05, 4.69) is 6.07 Å². The summed E-state index contributed by atoms with van der Waals surface area (Å²) in [7, 11) is 0. The number of nitrogens with two attached hydrogens (primary N) is 1. The first-order chi connectivity index (χ1) is 8.16. The largest absolute Gasteiger partial charge is 0.398 e. The highest BCUT2D eigenvalue weighted by Crippen LogP contribution is 2.28. The summed E-state index contributed by atoms with van der Waals surface area (Å²) in [5.74, 6) is 0.629. The van der Waals surface area contributed by atoms with Gasteiger partial charge in [-0.15, -0.1) is 11.8 Å². The first kappa shape index (κ1) is 12.0. The fourth-order valence-corrected chi connectivity index (χ4v) is 2.55. The van der Waals surface area contributed by atoms with Gasteiger partial charge in [0.15, 0.2) is 0 Å². The average molecular weight is 247 g/mol. The van der Waals surface area contributed by atoms with Crippen LogP contribution in [0.25, 0.3) is 0 Å². The van der Waals surface area contributed by atoms with Crippen molar-refractivity contribution < 1.29 is 4.39 Å². The standard InChI is InChI=1S/C14H14FNS/c1-10-13(16)3-2-4-14(10)17-9-11-5-7-12(15)8-6-11/h2-8H,9,16H2,1H3. The molecule has 0 spiro atoms. The maximum absolute atomic E-state index is 12.7. The number of hydrogen-bond acceptors (Lipinski definition) is 2. The van der Waals surface area contributed by atoms with Crippen LogP contribution >= 0.6 is 11.8 Å². The van der Waals surface area contributed by atoms with E-state index in [9.17, 15) is 4.39 Å². The van der Waals surface area contributed by atoms with Crippen molar-refractivity contribution in [3.63, 3.8) is 0 Å². The molecule has 2 rings (SSSR count). The van der Waals surface area contributed by atoms with Crippen LogP contribution in [0.5, 0.6) is 0 Å². The molecule has 0 heterocycles. The molecule has 0 amide bonds. The number of nitrogen functional groups attached to an aromatic ring is 1. The second kappa shape index (κ2) is 5.23. The van der Waals surface area contributed by atoms with Crippen molar-refractivity contribution in [3.8, 4) is 0 Å². The Bertz CT molecular complexity index is 508. The average Bonchev–Trinajstić information content (AvgIpc) is 2.33. The quantitative estimate of drug-likeness (QED) is 0.655. The molecule has 0 unspecified atom stereocenters. The zero-order chi connectivity index (χ0) is 12.3. The number of rotatable bonds is 3. The number of anilines is 1. The minimum Gasteiger partial charge on any atom is -0.398 e. The van der Waals surface area contributed by atoms with Gasteiger partial charge in [0.25, 0.3) is 0 Å². The van der Waals surface area contributed by atoms with Crippen molar-refractivity contribution in [2.24, 2.45) is 0 Å². The molecule has 0 saturated carbocycles. The minimum atomic E-state index is -0.195. The van der Waals surface area contributed by atoms with Crippen molar-refractivity contribution >= 4 is 17.4 Å². The van der Waals surface area contributed by atoms with Crippen LogP contribution in [0.15, 0.2) is 47.4 Å². The summed E-state index contributed by atoms with van der Waals surface area (Å²) in [6.45, 7) is 2.02. The third-order valence-corrected chi connectivity index (χ3v) is 3.86. The van der Waals surface area contributed by atoms with E-state index in [0.29, 0.717) is 0 Å². The van der Waals surface area contributed by atoms with Gasteiger partial charge in [0, 0.05) is 16.3 Å². The van der Waals surface area contributed by atoms with Crippen LogP contribution in [-0.2, 0) is 5.75 Å². The van der Waals surface area contributed by atoms with E-state index in [1.54, 1.807) is 11.8 Å². The molecule has 88 valence electrons. The Labute approximate surface area is 105 Å². The lowest BCUT2D eigenvalue weighted by Crippen LogP contribution is -1.91. The van der Waals surface area contributed by atoms with Gasteiger partial charge in [0.2, 0.25) is 0 Å². The van der Waals surface area contributed by atoms with E-state index in [1.807, 2.05) is 31.2 Å². The molecular weight excluding hydrogens is 233 g/mol. The SMILES string of the molecule is Cc1c(N)cccc1SCc1ccc(F)cc1. The minimum absolute atomic E-state index is 0.195. The normalized spacial score (nSPS) is 10.5. The maximum atomic E-state index is 12.7. The molecule has 17 heavy (non-hydrogen) atoms. The lowest BCUT2D eigenvalue weighted by atomic mass is 10.2. The predicted octanol–water partition coefficient (Wildman–Crippen LogP) is 4.01. The molecule has 0 aliphatic carbocycles. The van der Waals surface area contributed by atoms with Gasteiger partial charge in [-0.25, -0.2) is 4.39 Å². The second-order valence-electron chi connectivity index (χ2n) is 3.89. The Balaban J connectivity index is 2.07. The van der Waals surface area contributed by atoms with Gasteiger partial charge in [0.05, 0.1) is 0 Å². The van der Waals surface area contributed by atoms with E-state index in [0.717, 1.165) is 22.6 Å². The fourth-order valence-electron chi connectivity index (χ4n) is 1.53. The molecule has 0 fully saturated rings. The van der Waals surface area contributed by atoms with Gasteiger partial charge in [-0.05, 0) is 42.3 Å². The van der Waals surface area contributed by atoms with Crippen molar-refractivity contribution in [2.75, 3.05) is 5.73 Å². The second-order valence-corrected chi connectivity index (χ2v) is 4.90. The van der Waals surface area contributed by atoms with Crippen LogP contribution < -0.4 is 5.73 Å². The lowest BCUT2D eigenvalue weighted by Gasteiger charge is -2.07. The molecule has 0 aliphatic heterocycles. The van der Waals surface area contributed by atoms with Crippen molar-refractivity contribution in [1.82, 2.24) is 0 Å². The zero-order valence-electron chi connectivity index (χ0n) is 9.61. The Morgan fingerprint density at radius 2 is 1.82 bits per heavy atom. The molecule has 0 atom stereocenters. The highest BCUT2D eigenvalue weighted by Gasteiger charge is 2.02. The molecule has 2 aromatic carbocycles. The molecule has 2 N–H and O–H groups in total. The first-order valence-corrected chi connectivity index (χ1v) is 6.37. The summed E-state index contributed by atoms with van der Waals surface area (Å²) in [5, 5.41) is 0. The molecule has 1 nitrogen and oxygen atoms in total. The summed E-state index contributed by atoms with van der Waals surface area (Å²) in [4.78, 5) is 1.18. The summed E-state index contributed by atoms with van der Waals surface area (Å²) < 4.78 is 12.7. The molecule has 2 aromatic rings. The van der Waals surface area contributed by atoms with Crippen LogP contribution in [0.2, 0.25) is 0 Å². The number of thioether (sulfide) groups is 1. The third-order valence-electron chi connectivity index (χ3n) is 2.63. The van der Waals surface area contributed by atoms with Crippen LogP contribution in [0, 0.1) is 12.7 Å². The Hall–Kier alpha value is -1.48. The van der Waals surface area contributed by atoms with Gasteiger partial charge >= 0.3 is 0 Å². The smallest absolute Gasteiger partial charge is 0.123 e. The Morgan fingerprint density at radius 3 is 2.53 bits per heavy atom. The fraction of sp³-hybridized carbons (Fsp3) is 0.143. The maximum Gasteiger partial charge on any atom is 0.123 e. The molecule has 3 heteroatoms. The molecule has 0 radical (unpaired) electrons. The number of benzene rings is 2. The van der Waals surface area contributed by atoms with Gasteiger partial charge in [-0.2, -0.15) is 0 Å². The van der Waals surface area contributed by atoms with E-state index < -0.39 is 0 Å². The van der Waals surface area contributed by atoms with Crippen molar-refractivity contribution in [3.05, 3.63) is 59.4 Å². The molecule has 0 aromatic heterocycles. The van der Waals surface area contributed by atoms with Crippen LogP contribution in [0.1, 0.15) is 11.1 Å². The van der Waals surface area contributed by atoms with Gasteiger partial charge in [0.1, 0.15) is 5.82 Å². The molecular formula is C14H14FNS. The highest BCUT2D eigenvalue weighted by molar-refractivity contribution is 7.98. The first-order valence-electron chi connectivity index (χ1n) is 5.39. The van der Waals surface area contributed by atoms with Gasteiger partial charge in [-0.1, -0.05) is 18.2 Å².